The quantitative estimate of drug-likeness (QED) is 0.136. The minimum atomic E-state index is -0.201. The third-order valence-corrected chi connectivity index (χ3v) is 6.68. The van der Waals surface area contributed by atoms with Crippen LogP contribution in [0.3, 0.4) is 0 Å². The minimum absolute atomic E-state index is 0.133. The van der Waals surface area contributed by atoms with E-state index in [1.807, 2.05) is 18.2 Å². The van der Waals surface area contributed by atoms with Gasteiger partial charge in [-0.05, 0) is 49.1 Å². The molecule has 0 saturated carbocycles. The molecule has 8 heteroatoms. The Hall–Kier alpha value is -3.75. The molecule has 0 fully saturated rings. The number of carbonyl (C=O) groups excluding carboxylic acids is 1. The van der Waals surface area contributed by atoms with Crippen molar-refractivity contribution in [1.82, 2.24) is 25.6 Å². The average molecular weight is 514 g/mol. The Morgan fingerprint density at radius 3 is 2.47 bits per heavy atom. The van der Waals surface area contributed by atoms with Gasteiger partial charge in [-0.1, -0.05) is 67.4 Å². The van der Waals surface area contributed by atoms with Gasteiger partial charge in [0.1, 0.15) is 17.8 Å². The summed E-state index contributed by atoms with van der Waals surface area (Å²) in [5.41, 5.74) is 10.6. The van der Waals surface area contributed by atoms with Crippen molar-refractivity contribution < 1.29 is 4.79 Å². The van der Waals surface area contributed by atoms with Crippen LogP contribution in [0.4, 0.5) is 5.82 Å². The van der Waals surface area contributed by atoms with Crippen molar-refractivity contribution in [3.8, 4) is 11.3 Å². The lowest BCUT2D eigenvalue weighted by atomic mass is 10.1. The van der Waals surface area contributed by atoms with Crippen molar-refractivity contribution in [1.29, 1.82) is 0 Å². The summed E-state index contributed by atoms with van der Waals surface area (Å²) in [6.07, 6.45) is 6.32. The Bertz CT molecular complexity index is 1270. The number of fused-ring (bicyclic) bond motifs is 1. The summed E-state index contributed by atoms with van der Waals surface area (Å²) in [5.74, 6) is 0.624. The van der Waals surface area contributed by atoms with Crippen LogP contribution in [-0.2, 0) is 11.3 Å². The molecule has 2 aromatic carbocycles. The van der Waals surface area contributed by atoms with Gasteiger partial charge in [0.25, 0.3) is 0 Å². The number of benzene rings is 2. The fourth-order valence-electron chi connectivity index (χ4n) is 4.48. The Morgan fingerprint density at radius 2 is 1.68 bits per heavy atom. The number of unbranched alkanes of at least 4 members (excludes halogenated alkanes) is 3. The second-order valence-electron chi connectivity index (χ2n) is 9.70. The van der Waals surface area contributed by atoms with Crippen LogP contribution in [0, 0.1) is 0 Å². The van der Waals surface area contributed by atoms with E-state index >= 15 is 0 Å². The molecule has 4 rings (SSSR count). The number of carbonyl (C=O) groups is 1. The van der Waals surface area contributed by atoms with Gasteiger partial charge in [0.05, 0.1) is 5.39 Å². The first-order valence-corrected chi connectivity index (χ1v) is 13.5. The van der Waals surface area contributed by atoms with Gasteiger partial charge in [0.2, 0.25) is 5.91 Å². The molecule has 8 nitrogen and oxygen atoms in total. The smallest absolute Gasteiger partial charge is 0.217 e. The molecule has 0 unspecified atom stereocenters. The summed E-state index contributed by atoms with van der Waals surface area (Å²) in [5, 5.41) is 11.5. The van der Waals surface area contributed by atoms with Crippen molar-refractivity contribution in [2.45, 2.75) is 51.6 Å². The number of hydrogen-bond donors (Lipinski definition) is 5. The Labute approximate surface area is 224 Å². The molecule has 2 aromatic heterocycles. The van der Waals surface area contributed by atoms with Crippen molar-refractivity contribution >= 4 is 22.8 Å². The van der Waals surface area contributed by atoms with Gasteiger partial charge in [-0.3, -0.25) is 4.79 Å². The maximum absolute atomic E-state index is 10.7. The summed E-state index contributed by atoms with van der Waals surface area (Å²) in [6, 6.07) is 21.2. The molecule has 0 aliphatic carbocycles. The van der Waals surface area contributed by atoms with Crippen LogP contribution in [0.15, 0.2) is 67.0 Å². The van der Waals surface area contributed by atoms with Gasteiger partial charge in [-0.15, -0.1) is 0 Å². The van der Waals surface area contributed by atoms with Crippen molar-refractivity contribution in [2.24, 2.45) is 5.73 Å². The number of nitrogens with zero attached hydrogens (tertiary/aromatic N) is 2. The summed E-state index contributed by atoms with van der Waals surface area (Å²) in [4.78, 5) is 23.1. The predicted octanol–water partition coefficient (Wildman–Crippen LogP) is 4.91. The van der Waals surface area contributed by atoms with Crippen LogP contribution in [-0.4, -0.2) is 40.5 Å². The number of nitrogens with one attached hydrogen (secondary N) is 4. The van der Waals surface area contributed by atoms with E-state index in [2.05, 4.69) is 80.3 Å². The SMILES string of the molecule is C[C@@H](Nc1ncnc2[nH]c(-c3ccc(CNCCNCCCCCCC(N)=O)cc3)cc12)c1ccccc1. The zero-order valence-corrected chi connectivity index (χ0v) is 22.2. The number of primary amides is 1. The third-order valence-electron chi connectivity index (χ3n) is 6.68. The molecule has 1 atom stereocenters. The molecule has 0 spiro atoms. The third kappa shape index (κ3) is 8.13. The van der Waals surface area contributed by atoms with Crippen LogP contribution >= 0.6 is 0 Å². The molecule has 2 heterocycles. The molecule has 38 heavy (non-hydrogen) atoms. The van der Waals surface area contributed by atoms with Gasteiger partial charge in [0, 0.05) is 37.8 Å². The fraction of sp³-hybridized carbons (Fsp3) is 0.367. The lowest BCUT2D eigenvalue weighted by molar-refractivity contribution is -0.118. The van der Waals surface area contributed by atoms with E-state index in [9.17, 15) is 4.79 Å². The molecule has 0 bridgehead atoms. The van der Waals surface area contributed by atoms with E-state index in [1.165, 1.54) is 11.1 Å². The Kier molecular flexibility index (Phi) is 10.2. The van der Waals surface area contributed by atoms with Crippen molar-refractivity contribution in [3.05, 3.63) is 78.1 Å². The van der Waals surface area contributed by atoms with E-state index in [4.69, 9.17) is 5.73 Å². The minimum Gasteiger partial charge on any atom is -0.370 e. The number of rotatable bonds is 16. The van der Waals surface area contributed by atoms with Gasteiger partial charge in [-0.2, -0.15) is 0 Å². The number of amides is 1. The molecule has 0 saturated heterocycles. The number of aromatic nitrogens is 3. The number of nitrogens with two attached hydrogens (primary N) is 1. The monoisotopic (exact) mass is 513 g/mol. The summed E-state index contributed by atoms with van der Waals surface area (Å²) < 4.78 is 0. The maximum atomic E-state index is 10.7. The Morgan fingerprint density at radius 1 is 0.921 bits per heavy atom. The molecule has 0 radical (unpaired) electrons. The highest BCUT2D eigenvalue weighted by atomic mass is 16.1. The van der Waals surface area contributed by atoms with Gasteiger partial charge >= 0.3 is 0 Å². The molecule has 6 N–H and O–H groups in total. The molecular weight excluding hydrogens is 474 g/mol. The molecule has 200 valence electrons. The highest BCUT2D eigenvalue weighted by Crippen LogP contribution is 2.29. The van der Waals surface area contributed by atoms with Gasteiger partial charge in [0.15, 0.2) is 0 Å². The highest BCUT2D eigenvalue weighted by Gasteiger charge is 2.12. The predicted molar refractivity (Wildman–Crippen MR) is 155 cm³/mol. The lowest BCUT2D eigenvalue weighted by Crippen LogP contribution is -2.27. The van der Waals surface area contributed by atoms with Crippen LogP contribution in [0.25, 0.3) is 22.3 Å². The standard InChI is InChI=1S/C30H39N7O/c1-22(24-9-5-4-6-10-24)36-29-26-19-27(37-30(26)35-21-34-29)25-14-12-23(13-15-25)20-33-18-17-32-16-8-3-2-7-11-28(31)38/h4-6,9-10,12-15,19,21-22,32-33H,2-3,7-8,11,16-18,20H2,1H3,(H2,31,38)(H2,34,35,36,37)/t22-/m1/s1. The normalized spacial score (nSPS) is 12.0. The van der Waals surface area contributed by atoms with Crippen molar-refractivity contribution in [2.75, 3.05) is 25.0 Å². The summed E-state index contributed by atoms with van der Waals surface area (Å²) in [6.45, 7) is 5.83. The molecular formula is C30H39N7O. The van der Waals surface area contributed by atoms with Crippen LogP contribution < -0.4 is 21.7 Å². The largest absolute Gasteiger partial charge is 0.370 e. The zero-order valence-electron chi connectivity index (χ0n) is 22.2. The van der Waals surface area contributed by atoms with Crippen LogP contribution in [0.5, 0.6) is 0 Å². The number of anilines is 1. The fourth-order valence-corrected chi connectivity index (χ4v) is 4.48. The number of H-pyrrole nitrogens is 1. The van der Waals surface area contributed by atoms with E-state index in [1.54, 1.807) is 6.33 Å². The topological polar surface area (TPSA) is 121 Å². The van der Waals surface area contributed by atoms with E-state index in [0.717, 1.165) is 80.0 Å². The highest BCUT2D eigenvalue weighted by molar-refractivity contribution is 5.91. The summed E-state index contributed by atoms with van der Waals surface area (Å²) in [7, 11) is 0. The van der Waals surface area contributed by atoms with E-state index < -0.39 is 0 Å². The lowest BCUT2D eigenvalue weighted by Gasteiger charge is -2.15. The summed E-state index contributed by atoms with van der Waals surface area (Å²) >= 11 is 0. The first-order chi connectivity index (χ1) is 18.6. The van der Waals surface area contributed by atoms with Gasteiger partial charge in [-0.25, -0.2) is 9.97 Å². The number of hydrogen-bond acceptors (Lipinski definition) is 6. The number of aromatic amines is 1. The molecule has 0 aliphatic heterocycles. The second kappa shape index (κ2) is 14.3. The maximum Gasteiger partial charge on any atom is 0.217 e. The van der Waals surface area contributed by atoms with E-state index in [-0.39, 0.29) is 11.9 Å². The first kappa shape index (κ1) is 27.3. The van der Waals surface area contributed by atoms with Crippen molar-refractivity contribution in [3.63, 3.8) is 0 Å². The second-order valence-corrected chi connectivity index (χ2v) is 9.70. The molecule has 1 amide bonds. The Balaban J connectivity index is 1.22. The first-order valence-electron chi connectivity index (χ1n) is 13.5. The van der Waals surface area contributed by atoms with E-state index in [0.29, 0.717) is 6.42 Å². The molecule has 0 aliphatic rings. The molecule has 4 aromatic rings. The van der Waals surface area contributed by atoms with Crippen LogP contribution in [0.1, 0.15) is 56.2 Å². The average Bonchev–Trinajstić information content (AvgIpc) is 3.38. The zero-order chi connectivity index (χ0) is 26.6. The van der Waals surface area contributed by atoms with Crippen LogP contribution in [0.2, 0.25) is 0 Å². The van der Waals surface area contributed by atoms with Gasteiger partial charge < -0.3 is 26.7 Å².